The molecule has 0 saturated carbocycles. The molecule has 0 unspecified atom stereocenters. The van der Waals surface area contributed by atoms with Gasteiger partial charge in [0.05, 0.1) is 29.5 Å². The molecule has 0 aliphatic carbocycles. The summed E-state index contributed by atoms with van der Waals surface area (Å²) in [5, 5.41) is 14.8. The van der Waals surface area contributed by atoms with Crippen molar-refractivity contribution in [2.45, 2.75) is 39.2 Å². The number of carbonyl (C=O) groups excluding carboxylic acids is 1. The van der Waals surface area contributed by atoms with Crippen LogP contribution in [0.25, 0.3) is 17.2 Å². The van der Waals surface area contributed by atoms with Gasteiger partial charge in [0.25, 0.3) is 5.89 Å². The number of fused-ring (bicyclic) bond motifs is 1. The Balaban J connectivity index is 1.18. The largest absolute Gasteiger partial charge is 0.419 e. The van der Waals surface area contributed by atoms with Crippen molar-refractivity contribution >= 4 is 39.6 Å². The van der Waals surface area contributed by atoms with Crippen molar-refractivity contribution in [3.8, 4) is 11.6 Å². The fourth-order valence-corrected chi connectivity index (χ4v) is 5.15. The van der Waals surface area contributed by atoms with E-state index in [2.05, 4.69) is 51.1 Å². The predicted octanol–water partition coefficient (Wildman–Crippen LogP) is 3.99. The number of aromatic nitrogens is 7. The van der Waals surface area contributed by atoms with Crippen LogP contribution in [0, 0.1) is 12.7 Å². The molecule has 0 spiro atoms. The average molecular weight is 549 g/mol. The Labute approximate surface area is 226 Å². The monoisotopic (exact) mass is 548 g/mol. The minimum atomic E-state index is -0.632. The molecule has 14 heteroatoms. The number of likely N-dealkylation sites (tertiary alicyclic amines) is 1. The number of anilines is 3. The number of carbonyl (C=O) groups is 1. The first-order valence-electron chi connectivity index (χ1n) is 12.5. The number of rotatable bonds is 8. The number of pyridine rings is 1. The van der Waals surface area contributed by atoms with Crippen LogP contribution in [-0.2, 0) is 17.8 Å². The first-order chi connectivity index (χ1) is 19.0. The topological polar surface area (TPSA) is 139 Å². The Bertz CT molecular complexity index is 1620. The summed E-state index contributed by atoms with van der Waals surface area (Å²) in [5.74, 6) is -0.273. The minimum Gasteiger partial charge on any atom is -0.419 e. The van der Waals surface area contributed by atoms with E-state index in [1.807, 2.05) is 17.5 Å². The summed E-state index contributed by atoms with van der Waals surface area (Å²) in [5.41, 5.74) is 2.94. The highest BCUT2D eigenvalue weighted by Crippen LogP contribution is 2.28. The quantitative estimate of drug-likeness (QED) is 0.293. The van der Waals surface area contributed by atoms with E-state index in [-0.39, 0.29) is 23.9 Å². The standard InChI is InChI=1S/C25H25FN10O2S/c1-15-13-36-19(25-33-32-21(38-25)10-20(37)30-18-5-6-27-11-17(18)26)12-28-24(36)23(29-15)31-22-9-16(34-39-22)14-35-7-3-2-4-8-35/h5-6,9,11-13H,2-4,7-8,10,14H2,1H3,(H,29,31)(H,27,30,37). The van der Waals surface area contributed by atoms with E-state index < -0.39 is 11.7 Å². The number of aryl methyl sites for hydroxylation is 1. The molecular weight excluding hydrogens is 523 g/mol. The lowest BCUT2D eigenvalue weighted by atomic mass is 10.1. The highest BCUT2D eigenvalue weighted by atomic mass is 32.1. The molecule has 1 saturated heterocycles. The maximum absolute atomic E-state index is 13.8. The molecule has 1 aliphatic rings. The molecule has 5 aromatic heterocycles. The van der Waals surface area contributed by atoms with Gasteiger partial charge in [-0.3, -0.25) is 19.1 Å². The van der Waals surface area contributed by atoms with Gasteiger partial charge in [0.1, 0.15) is 17.1 Å². The molecule has 12 nitrogen and oxygen atoms in total. The molecule has 1 amide bonds. The Morgan fingerprint density at radius 1 is 1.21 bits per heavy atom. The van der Waals surface area contributed by atoms with Crippen LogP contribution >= 0.6 is 11.5 Å². The second-order valence-corrected chi connectivity index (χ2v) is 10.1. The predicted molar refractivity (Wildman–Crippen MR) is 142 cm³/mol. The van der Waals surface area contributed by atoms with Gasteiger partial charge < -0.3 is 15.1 Å². The first kappa shape index (κ1) is 25.0. The van der Waals surface area contributed by atoms with Crippen LogP contribution in [0.5, 0.6) is 0 Å². The van der Waals surface area contributed by atoms with Crippen molar-refractivity contribution < 1.29 is 13.6 Å². The summed E-state index contributed by atoms with van der Waals surface area (Å²) in [4.78, 5) is 27.6. The summed E-state index contributed by atoms with van der Waals surface area (Å²) in [6.07, 6.45) is 9.40. The molecule has 0 radical (unpaired) electrons. The lowest BCUT2D eigenvalue weighted by Crippen LogP contribution is -2.29. The van der Waals surface area contributed by atoms with Gasteiger partial charge in [-0.2, -0.15) is 4.37 Å². The van der Waals surface area contributed by atoms with E-state index in [1.54, 1.807) is 6.20 Å². The van der Waals surface area contributed by atoms with Gasteiger partial charge in [-0.1, -0.05) is 6.42 Å². The molecular formula is C25H25FN10O2S. The number of amides is 1. The van der Waals surface area contributed by atoms with Crippen LogP contribution in [0.4, 0.5) is 20.9 Å². The number of nitrogens with one attached hydrogen (secondary N) is 2. The van der Waals surface area contributed by atoms with E-state index in [1.165, 1.54) is 43.1 Å². The molecule has 0 atom stereocenters. The smallest absolute Gasteiger partial charge is 0.266 e. The zero-order valence-electron chi connectivity index (χ0n) is 21.1. The van der Waals surface area contributed by atoms with E-state index in [0.717, 1.165) is 42.2 Å². The normalized spacial score (nSPS) is 14.1. The molecule has 5 aromatic rings. The lowest BCUT2D eigenvalue weighted by molar-refractivity contribution is -0.115. The van der Waals surface area contributed by atoms with Crippen molar-refractivity contribution in [1.29, 1.82) is 0 Å². The van der Waals surface area contributed by atoms with Crippen LogP contribution in [0.3, 0.4) is 0 Å². The third-order valence-electron chi connectivity index (χ3n) is 6.29. The van der Waals surface area contributed by atoms with Crippen LogP contribution < -0.4 is 10.6 Å². The number of piperidine rings is 1. The van der Waals surface area contributed by atoms with Crippen LogP contribution in [0.15, 0.2) is 41.3 Å². The second-order valence-electron chi connectivity index (χ2n) is 9.29. The van der Waals surface area contributed by atoms with E-state index in [4.69, 9.17) is 4.42 Å². The third-order valence-corrected chi connectivity index (χ3v) is 7.03. The van der Waals surface area contributed by atoms with Gasteiger partial charge in [0.15, 0.2) is 17.3 Å². The Morgan fingerprint density at radius 2 is 2.08 bits per heavy atom. The maximum atomic E-state index is 13.8. The van der Waals surface area contributed by atoms with Crippen LogP contribution in [0.2, 0.25) is 0 Å². The second kappa shape index (κ2) is 10.8. The third kappa shape index (κ3) is 5.61. The van der Waals surface area contributed by atoms with Crippen molar-refractivity contribution in [1.82, 2.24) is 38.8 Å². The van der Waals surface area contributed by atoms with Gasteiger partial charge in [0, 0.05) is 18.9 Å². The summed E-state index contributed by atoms with van der Waals surface area (Å²) < 4.78 is 25.9. The van der Waals surface area contributed by atoms with Gasteiger partial charge in [-0.15, -0.1) is 10.2 Å². The summed E-state index contributed by atoms with van der Waals surface area (Å²) >= 11 is 1.39. The van der Waals surface area contributed by atoms with Crippen molar-refractivity contribution in [3.63, 3.8) is 0 Å². The zero-order valence-corrected chi connectivity index (χ0v) is 21.9. The summed E-state index contributed by atoms with van der Waals surface area (Å²) in [7, 11) is 0. The maximum Gasteiger partial charge on any atom is 0.266 e. The number of imidazole rings is 1. The highest BCUT2D eigenvalue weighted by Gasteiger charge is 2.19. The molecule has 6 heterocycles. The first-order valence-corrected chi connectivity index (χ1v) is 13.3. The SMILES string of the molecule is Cc1cn2c(-c3nnc(CC(=O)Nc4ccncc4F)o3)cnc2c(Nc2cc(CN3CCCCC3)ns2)n1. The van der Waals surface area contributed by atoms with Crippen LogP contribution in [-0.4, -0.2) is 57.8 Å². The molecule has 39 heavy (non-hydrogen) atoms. The number of nitrogens with zero attached hydrogens (tertiary/aromatic N) is 8. The van der Waals surface area contributed by atoms with E-state index >= 15 is 0 Å². The van der Waals surface area contributed by atoms with Crippen molar-refractivity contribution in [2.24, 2.45) is 0 Å². The zero-order chi connectivity index (χ0) is 26.8. The molecule has 200 valence electrons. The van der Waals surface area contributed by atoms with Crippen molar-refractivity contribution in [2.75, 3.05) is 23.7 Å². The van der Waals surface area contributed by atoms with E-state index in [0.29, 0.717) is 17.2 Å². The Morgan fingerprint density at radius 3 is 2.92 bits per heavy atom. The average Bonchev–Trinajstić information content (AvgIpc) is 3.66. The number of halogens is 1. The fourth-order valence-electron chi connectivity index (χ4n) is 4.50. The summed E-state index contributed by atoms with van der Waals surface area (Å²) in [6, 6.07) is 3.42. The van der Waals surface area contributed by atoms with Gasteiger partial charge >= 0.3 is 0 Å². The Kier molecular flexibility index (Phi) is 6.94. The van der Waals surface area contributed by atoms with Gasteiger partial charge in [-0.05, 0) is 56.5 Å². The lowest BCUT2D eigenvalue weighted by Gasteiger charge is -2.25. The Hall–Kier alpha value is -4.30. The van der Waals surface area contributed by atoms with Crippen LogP contribution in [0.1, 0.15) is 36.5 Å². The van der Waals surface area contributed by atoms with Gasteiger partial charge in [-0.25, -0.2) is 14.4 Å². The molecule has 0 aromatic carbocycles. The van der Waals surface area contributed by atoms with Crippen molar-refractivity contribution in [3.05, 3.63) is 60.0 Å². The minimum absolute atomic E-state index is 0.0269. The summed E-state index contributed by atoms with van der Waals surface area (Å²) in [6.45, 7) is 4.95. The fraction of sp³-hybridized carbons (Fsp3) is 0.320. The van der Waals surface area contributed by atoms with Gasteiger partial charge in [0.2, 0.25) is 11.8 Å². The number of hydrogen-bond donors (Lipinski definition) is 2. The molecule has 1 fully saturated rings. The number of hydrogen-bond acceptors (Lipinski definition) is 11. The molecule has 2 N–H and O–H groups in total. The molecule has 6 rings (SSSR count). The highest BCUT2D eigenvalue weighted by molar-refractivity contribution is 7.10. The molecule has 1 aliphatic heterocycles. The van der Waals surface area contributed by atoms with E-state index in [9.17, 15) is 9.18 Å². The molecule has 0 bridgehead atoms.